The van der Waals surface area contributed by atoms with E-state index >= 15 is 0 Å². The summed E-state index contributed by atoms with van der Waals surface area (Å²) in [6.45, 7) is 9.25. The number of benzene rings is 1. The highest BCUT2D eigenvalue weighted by molar-refractivity contribution is 8.01. The number of rotatable bonds is 6. The Balaban J connectivity index is 1.69. The summed E-state index contributed by atoms with van der Waals surface area (Å²) in [5.41, 5.74) is 1.74. The van der Waals surface area contributed by atoms with Crippen LogP contribution >= 0.6 is 11.8 Å². The Labute approximate surface area is 153 Å². The zero-order valence-corrected chi connectivity index (χ0v) is 16.1. The lowest BCUT2D eigenvalue weighted by Crippen LogP contribution is -2.52. The van der Waals surface area contributed by atoms with Crippen LogP contribution in [0.1, 0.15) is 55.4 Å². The third kappa shape index (κ3) is 3.42. The van der Waals surface area contributed by atoms with Crippen molar-refractivity contribution in [3.8, 4) is 0 Å². The summed E-state index contributed by atoms with van der Waals surface area (Å²) in [6.07, 6.45) is 0.962. The standard InChI is InChI=1S/C19H26N2O3S/c1-12(2)24-11-7-10-20-16(22)15-19(3,4)25-18-14-9-6-5-8-13(14)17(23)21(15)18/h5-6,8-9,12,15,18H,7,10-11H2,1-4H3,(H,20,22)/t15-,18?/m0/s1. The number of amides is 2. The van der Waals surface area contributed by atoms with Gasteiger partial charge in [0.2, 0.25) is 5.91 Å². The molecule has 2 atom stereocenters. The van der Waals surface area contributed by atoms with Crippen molar-refractivity contribution in [3.63, 3.8) is 0 Å². The van der Waals surface area contributed by atoms with Crippen LogP contribution < -0.4 is 5.32 Å². The largest absolute Gasteiger partial charge is 0.379 e. The SMILES string of the molecule is CC(C)OCCCNC(=O)[C@@H]1N2C(=O)c3ccccc3C2SC1(C)C. The highest BCUT2D eigenvalue weighted by Gasteiger charge is 2.57. The van der Waals surface area contributed by atoms with Crippen LogP contribution in [0.3, 0.4) is 0 Å². The van der Waals surface area contributed by atoms with Crippen molar-refractivity contribution < 1.29 is 14.3 Å². The molecule has 0 aromatic heterocycles. The lowest BCUT2D eigenvalue weighted by Gasteiger charge is -2.29. The molecule has 5 nitrogen and oxygen atoms in total. The third-order valence-electron chi connectivity index (χ3n) is 4.62. The van der Waals surface area contributed by atoms with Crippen molar-refractivity contribution in [2.24, 2.45) is 0 Å². The maximum absolute atomic E-state index is 12.8. The lowest BCUT2D eigenvalue weighted by atomic mass is 10.0. The second kappa shape index (κ2) is 7.00. The van der Waals surface area contributed by atoms with Gasteiger partial charge in [0.1, 0.15) is 11.4 Å². The average Bonchev–Trinajstić information content (AvgIpc) is 2.97. The maximum Gasteiger partial charge on any atom is 0.256 e. The van der Waals surface area contributed by atoms with E-state index in [9.17, 15) is 9.59 Å². The van der Waals surface area contributed by atoms with E-state index < -0.39 is 6.04 Å². The quantitative estimate of drug-likeness (QED) is 0.791. The first-order valence-electron chi connectivity index (χ1n) is 8.81. The Morgan fingerprint density at radius 2 is 2.08 bits per heavy atom. The van der Waals surface area contributed by atoms with E-state index in [0.717, 1.165) is 17.5 Å². The smallest absolute Gasteiger partial charge is 0.256 e. The number of fused-ring (bicyclic) bond motifs is 3. The summed E-state index contributed by atoms with van der Waals surface area (Å²) in [4.78, 5) is 27.4. The monoisotopic (exact) mass is 362 g/mol. The van der Waals surface area contributed by atoms with E-state index in [-0.39, 0.29) is 28.0 Å². The highest BCUT2D eigenvalue weighted by Crippen LogP contribution is 2.56. The van der Waals surface area contributed by atoms with Crippen LogP contribution in [0.4, 0.5) is 0 Å². The maximum atomic E-state index is 12.8. The van der Waals surface area contributed by atoms with Gasteiger partial charge in [0.15, 0.2) is 0 Å². The first-order chi connectivity index (χ1) is 11.8. The van der Waals surface area contributed by atoms with Gasteiger partial charge < -0.3 is 15.0 Å². The van der Waals surface area contributed by atoms with Crippen molar-refractivity contribution in [2.75, 3.05) is 13.2 Å². The van der Waals surface area contributed by atoms with Crippen LogP contribution in [0.15, 0.2) is 24.3 Å². The normalized spacial score (nSPS) is 23.7. The molecule has 2 aliphatic rings. The Morgan fingerprint density at radius 3 is 2.80 bits per heavy atom. The van der Waals surface area contributed by atoms with Gasteiger partial charge in [-0.1, -0.05) is 18.2 Å². The van der Waals surface area contributed by atoms with Gasteiger partial charge in [-0.2, -0.15) is 0 Å². The number of hydrogen-bond donors (Lipinski definition) is 1. The molecule has 0 saturated carbocycles. The van der Waals surface area contributed by atoms with Gasteiger partial charge in [-0.05, 0) is 45.7 Å². The minimum atomic E-state index is -0.464. The van der Waals surface area contributed by atoms with Crippen LogP contribution in [-0.4, -0.2) is 46.8 Å². The second-order valence-corrected chi connectivity index (χ2v) is 9.07. The Hall–Kier alpha value is -1.53. The van der Waals surface area contributed by atoms with E-state index in [1.807, 2.05) is 52.0 Å². The summed E-state index contributed by atoms with van der Waals surface area (Å²) in [6, 6.07) is 7.20. The van der Waals surface area contributed by atoms with E-state index in [2.05, 4.69) is 5.32 Å². The molecule has 1 N–H and O–H groups in total. The number of ether oxygens (including phenoxy) is 1. The molecule has 136 valence electrons. The Morgan fingerprint density at radius 1 is 1.36 bits per heavy atom. The first kappa shape index (κ1) is 18.3. The molecule has 3 rings (SSSR count). The summed E-state index contributed by atoms with van der Waals surface area (Å²) in [7, 11) is 0. The molecule has 0 aliphatic carbocycles. The van der Waals surface area contributed by atoms with E-state index in [1.54, 1.807) is 16.7 Å². The molecule has 2 amide bonds. The van der Waals surface area contributed by atoms with Gasteiger partial charge in [0.05, 0.1) is 6.10 Å². The zero-order valence-electron chi connectivity index (χ0n) is 15.2. The van der Waals surface area contributed by atoms with Crippen molar-refractivity contribution >= 4 is 23.6 Å². The topological polar surface area (TPSA) is 58.6 Å². The first-order valence-corrected chi connectivity index (χ1v) is 9.69. The van der Waals surface area contributed by atoms with Crippen LogP contribution in [-0.2, 0) is 9.53 Å². The molecule has 0 spiro atoms. The second-order valence-electron chi connectivity index (χ2n) is 7.34. The number of nitrogens with one attached hydrogen (secondary N) is 1. The highest BCUT2D eigenvalue weighted by atomic mass is 32.2. The predicted octanol–water partition coefficient (Wildman–Crippen LogP) is 2.97. The number of carbonyl (C=O) groups excluding carboxylic acids is 2. The van der Waals surface area contributed by atoms with Gasteiger partial charge in [0.25, 0.3) is 5.91 Å². The van der Waals surface area contributed by atoms with Gasteiger partial charge in [-0.15, -0.1) is 11.8 Å². The number of nitrogens with zero attached hydrogens (tertiary/aromatic N) is 1. The molecular weight excluding hydrogens is 336 g/mol. The Kier molecular flexibility index (Phi) is 5.11. The van der Waals surface area contributed by atoms with Gasteiger partial charge in [0, 0.05) is 23.5 Å². The molecule has 1 aromatic rings. The van der Waals surface area contributed by atoms with E-state index in [0.29, 0.717) is 13.2 Å². The molecule has 2 heterocycles. The molecule has 1 aromatic carbocycles. The van der Waals surface area contributed by atoms with Crippen molar-refractivity contribution in [1.82, 2.24) is 10.2 Å². The van der Waals surface area contributed by atoms with E-state index in [4.69, 9.17) is 4.74 Å². The molecule has 1 unspecified atom stereocenters. The van der Waals surface area contributed by atoms with Crippen LogP contribution in [0, 0.1) is 0 Å². The van der Waals surface area contributed by atoms with Gasteiger partial charge in [-0.3, -0.25) is 9.59 Å². The zero-order chi connectivity index (χ0) is 18.2. The molecule has 0 bridgehead atoms. The fourth-order valence-electron chi connectivity index (χ4n) is 3.50. The molecule has 0 radical (unpaired) electrons. The van der Waals surface area contributed by atoms with E-state index in [1.165, 1.54) is 0 Å². The molecule has 6 heteroatoms. The minimum absolute atomic E-state index is 0.0398. The fraction of sp³-hybridized carbons (Fsp3) is 0.579. The molecule has 2 aliphatic heterocycles. The summed E-state index contributed by atoms with van der Waals surface area (Å²) in [5, 5.41) is 2.92. The number of carbonyl (C=O) groups is 2. The predicted molar refractivity (Wildman–Crippen MR) is 99.5 cm³/mol. The minimum Gasteiger partial charge on any atom is -0.379 e. The van der Waals surface area contributed by atoms with Gasteiger partial charge in [-0.25, -0.2) is 0 Å². The molecule has 1 fully saturated rings. The van der Waals surface area contributed by atoms with Crippen molar-refractivity contribution in [3.05, 3.63) is 35.4 Å². The third-order valence-corrected chi connectivity index (χ3v) is 6.15. The van der Waals surface area contributed by atoms with Crippen LogP contribution in [0.25, 0.3) is 0 Å². The Bertz CT molecular complexity index is 674. The average molecular weight is 362 g/mol. The molecule has 25 heavy (non-hydrogen) atoms. The summed E-state index contributed by atoms with van der Waals surface area (Å²) >= 11 is 1.69. The van der Waals surface area contributed by atoms with Crippen molar-refractivity contribution in [2.45, 2.75) is 56.4 Å². The number of hydrogen-bond acceptors (Lipinski definition) is 4. The summed E-state index contributed by atoms with van der Waals surface area (Å²) < 4.78 is 5.17. The lowest BCUT2D eigenvalue weighted by molar-refractivity contribution is -0.126. The van der Waals surface area contributed by atoms with Crippen LogP contribution in [0.5, 0.6) is 0 Å². The molecular formula is C19H26N2O3S. The van der Waals surface area contributed by atoms with Gasteiger partial charge >= 0.3 is 0 Å². The summed E-state index contributed by atoms with van der Waals surface area (Å²) in [5.74, 6) is -0.118. The molecule has 1 saturated heterocycles. The fourth-order valence-corrected chi connectivity index (χ4v) is 5.09. The van der Waals surface area contributed by atoms with Crippen LogP contribution in [0.2, 0.25) is 0 Å². The van der Waals surface area contributed by atoms with Crippen molar-refractivity contribution in [1.29, 1.82) is 0 Å². The number of thioether (sulfide) groups is 1.